The zero-order chi connectivity index (χ0) is 23.2. The van der Waals surface area contributed by atoms with Crippen molar-refractivity contribution in [3.63, 3.8) is 0 Å². The predicted molar refractivity (Wildman–Crippen MR) is 135 cm³/mol. The van der Waals surface area contributed by atoms with Crippen LogP contribution in [-0.4, -0.2) is 37.9 Å². The minimum absolute atomic E-state index is 0.152. The Balaban J connectivity index is 1.52. The largest absolute Gasteiger partial charge is 0.371 e. The number of aliphatic imine (C=N–C) groups is 1. The Hall–Kier alpha value is -4.19. The van der Waals surface area contributed by atoms with Crippen molar-refractivity contribution in [2.45, 2.75) is 6.17 Å². The van der Waals surface area contributed by atoms with E-state index in [1.165, 1.54) is 6.07 Å². The van der Waals surface area contributed by atoms with E-state index >= 15 is 0 Å². The summed E-state index contributed by atoms with van der Waals surface area (Å²) in [4.78, 5) is 22.6. The third-order valence-electron chi connectivity index (χ3n) is 6.55. The first-order chi connectivity index (χ1) is 16.6. The van der Waals surface area contributed by atoms with Crippen LogP contribution in [0.15, 0.2) is 89.9 Å². The molecule has 1 amide bonds. The smallest absolute Gasteiger partial charge is 0.272 e. The zero-order valence-electron chi connectivity index (χ0n) is 18.7. The summed E-state index contributed by atoms with van der Waals surface area (Å²) in [5, 5.41) is 5.51. The number of benzene rings is 4. The summed E-state index contributed by atoms with van der Waals surface area (Å²) in [7, 11) is 2.01. The molecule has 1 atom stereocenters. The molecule has 0 aliphatic carbocycles. The highest BCUT2D eigenvalue weighted by Crippen LogP contribution is 2.39. The molecular weight excluding hydrogens is 427 g/mol. The van der Waals surface area contributed by atoms with Gasteiger partial charge in [0.1, 0.15) is 5.82 Å². The third kappa shape index (κ3) is 3.30. The maximum Gasteiger partial charge on any atom is 0.272 e. The number of anilines is 3. The molecular formula is C28H23FN4O. The summed E-state index contributed by atoms with van der Waals surface area (Å²) in [6.07, 6.45) is -0.889. The molecule has 0 bridgehead atoms. The maximum absolute atomic E-state index is 15.0. The Labute approximate surface area is 197 Å². The van der Waals surface area contributed by atoms with E-state index in [0.29, 0.717) is 24.4 Å². The SMILES string of the molecule is CN1CCN2C(=O)C(Nc3ccc4ccccc4c3)N=C(c3ccccc3F)c3cccc1c32. The second-order valence-corrected chi connectivity index (χ2v) is 8.65. The Morgan fingerprint density at radius 1 is 0.882 bits per heavy atom. The van der Waals surface area contributed by atoms with Crippen LogP contribution in [0.3, 0.4) is 0 Å². The average Bonchev–Trinajstić information content (AvgIpc) is 2.97. The first-order valence-corrected chi connectivity index (χ1v) is 11.3. The van der Waals surface area contributed by atoms with E-state index in [1.54, 1.807) is 23.1 Å². The topological polar surface area (TPSA) is 47.9 Å². The molecule has 0 saturated heterocycles. The minimum Gasteiger partial charge on any atom is -0.371 e. The number of amides is 1. The second kappa shape index (κ2) is 7.99. The van der Waals surface area contributed by atoms with Gasteiger partial charge in [-0.3, -0.25) is 4.79 Å². The number of halogens is 1. The van der Waals surface area contributed by atoms with Crippen LogP contribution in [0.1, 0.15) is 11.1 Å². The van der Waals surface area contributed by atoms with E-state index in [2.05, 4.69) is 10.2 Å². The van der Waals surface area contributed by atoms with Crippen LogP contribution in [-0.2, 0) is 4.79 Å². The van der Waals surface area contributed by atoms with Crippen LogP contribution in [0.5, 0.6) is 0 Å². The normalized spacial score (nSPS) is 17.3. The number of hydrogen-bond donors (Lipinski definition) is 1. The molecule has 0 spiro atoms. The summed E-state index contributed by atoms with van der Waals surface area (Å²) >= 11 is 0. The zero-order valence-corrected chi connectivity index (χ0v) is 18.7. The molecule has 4 aromatic rings. The maximum atomic E-state index is 15.0. The molecule has 1 N–H and O–H groups in total. The standard InChI is InChI=1S/C28H23FN4O/c1-32-15-16-33-26-22(10-6-12-24(26)32)25(21-9-4-5-11-23(21)29)31-27(28(33)34)30-20-14-13-18-7-2-3-8-19(18)17-20/h2-14,17,27,30H,15-16H2,1H3. The second-order valence-electron chi connectivity index (χ2n) is 8.65. The first-order valence-electron chi connectivity index (χ1n) is 11.3. The molecule has 0 fully saturated rings. The van der Waals surface area contributed by atoms with E-state index in [0.717, 1.165) is 33.4 Å². The number of nitrogens with zero attached hydrogens (tertiary/aromatic N) is 3. The Kier molecular flexibility index (Phi) is 4.80. The molecule has 6 heteroatoms. The lowest BCUT2D eigenvalue weighted by molar-refractivity contribution is -0.119. The van der Waals surface area contributed by atoms with E-state index in [-0.39, 0.29) is 11.7 Å². The van der Waals surface area contributed by atoms with Gasteiger partial charge in [-0.15, -0.1) is 0 Å². The lowest BCUT2D eigenvalue weighted by atomic mass is 9.97. The molecule has 0 radical (unpaired) electrons. The average molecular weight is 451 g/mol. The fraction of sp³-hybridized carbons (Fsp3) is 0.143. The van der Waals surface area contributed by atoms with Crippen molar-refractivity contribution in [3.05, 3.63) is 102 Å². The Morgan fingerprint density at radius 2 is 1.65 bits per heavy atom. The number of hydrogen-bond acceptors (Lipinski definition) is 4. The molecule has 0 aromatic heterocycles. The Morgan fingerprint density at radius 3 is 2.50 bits per heavy atom. The fourth-order valence-corrected chi connectivity index (χ4v) is 4.82. The lowest BCUT2D eigenvalue weighted by Gasteiger charge is -2.36. The van der Waals surface area contributed by atoms with Gasteiger partial charge in [0.2, 0.25) is 0 Å². The number of carbonyl (C=O) groups excluding carboxylic acids is 1. The number of rotatable bonds is 3. The molecule has 4 aromatic carbocycles. The fourth-order valence-electron chi connectivity index (χ4n) is 4.82. The molecule has 2 aliphatic rings. The van der Waals surface area contributed by atoms with Crippen molar-refractivity contribution in [1.29, 1.82) is 0 Å². The van der Waals surface area contributed by atoms with Crippen LogP contribution in [0.4, 0.5) is 21.5 Å². The van der Waals surface area contributed by atoms with Crippen molar-refractivity contribution >= 4 is 39.5 Å². The van der Waals surface area contributed by atoms with Gasteiger partial charge >= 0.3 is 0 Å². The quantitative estimate of drug-likeness (QED) is 0.475. The van der Waals surface area contributed by atoms with Gasteiger partial charge in [-0.05, 0) is 41.1 Å². The molecule has 34 heavy (non-hydrogen) atoms. The van der Waals surface area contributed by atoms with E-state index < -0.39 is 6.17 Å². The van der Waals surface area contributed by atoms with Crippen molar-refractivity contribution in [2.24, 2.45) is 4.99 Å². The highest BCUT2D eigenvalue weighted by Gasteiger charge is 2.36. The monoisotopic (exact) mass is 450 g/mol. The van der Waals surface area contributed by atoms with Gasteiger partial charge in [0.15, 0.2) is 6.17 Å². The summed E-state index contributed by atoms with van der Waals surface area (Å²) in [6, 6.07) is 26.5. The summed E-state index contributed by atoms with van der Waals surface area (Å²) in [5.41, 5.74) is 4.11. The highest BCUT2D eigenvalue weighted by molar-refractivity contribution is 6.22. The van der Waals surface area contributed by atoms with Gasteiger partial charge in [0.05, 0.1) is 17.1 Å². The number of likely N-dealkylation sites (N-methyl/N-ethyl adjacent to an activating group) is 1. The lowest BCUT2D eigenvalue weighted by Crippen LogP contribution is -2.47. The molecule has 0 saturated carbocycles. The van der Waals surface area contributed by atoms with Gasteiger partial charge < -0.3 is 15.1 Å². The molecule has 2 heterocycles. The number of fused-ring (bicyclic) bond motifs is 1. The van der Waals surface area contributed by atoms with Crippen molar-refractivity contribution < 1.29 is 9.18 Å². The van der Waals surface area contributed by atoms with Crippen molar-refractivity contribution in [1.82, 2.24) is 0 Å². The number of para-hydroxylation sites is 1. The van der Waals surface area contributed by atoms with Gasteiger partial charge in [-0.1, -0.05) is 54.6 Å². The van der Waals surface area contributed by atoms with Gasteiger partial charge in [-0.2, -0.15) is 0 Å². The number of nitrogens with one attached hydrogen (secondary N) is 1. The van der Waals surface area contributed by atoms with E-state index in [4.69, 9.17) is 4.99 Å². The molecule has 168 valence electrons. The van der Waals surface area contributed by atoms with E-state index in [1.807, 2.05) is 67.7 Å². The summed E-state index contributed by atoms with van der Waals surface area (Å²) < 4.78 is 15.0. The molecule has 1 unspecified atom stereocenters. The van der Waals surface area contributed by atoms with Crippen LogP contribution in [0.2, 0.25) is 0 Å². The highest BCUT2D eigenvalue weighted by atomic mass is 19.1. The van der Waals surface area contributed by atoms with Gasteiger partial charge in [0, 0.05) is 37.0 Å². The number of carbonyl (C=O) groups is 1. The molecule has 5 nitrogen and oxygen atoms in total. The van der Waals surface area contributed by atoms with Gasteiger partial charge in [-0.25, -0.2) is 9.38 Å². The summed E-state index contributed by atoms with van der Waals surface area (Å²) in [5.74, 6) is -0.519. The van der Waals surface area contributed by atoms with Crippen LogP contribution in [0.25, 0.3) is 10.8 Å². The van der Waals surface area contributed by atoms with Gasteiger partial charge in [0.25, 0.3) is 5.91 Å². The first kappa shape index (κ1) is 20.4. The van der Waals surface area contributed by atoms with Crippen LogP contribution < -0.4 is 15.1 Å². The third-order valence-corrected chi connectivity index (χ3v) is 6.55. The van der Waals surface area contributed by atoms with E-state index in [9.17, 15) is 9.18 Å². The molecule has 2 aliphatic heterocycles. The predicted octanol–water partition coefficient (Wildman–Crippen LogP) is 5.05. The van der Waals surface area contributed by atoms with Crippen molar-refractivity contribution in [2.75, 3.05) is 35.3 Å². The molecule has 6 rings (SSSR count). The van der Waals surface area contributed by atoms with Crippen molar-refractivity contribution in [3.8, 4) is 0 Å². The van der Waals surface area contributed by atoms with Crippen LogP contribution in [0, 0.1) is 5.82 Å². The summed E-state index contributed by atoms with van der Waals surface area (Å²) in [6.45, 7) is 1.25. The van der Waals surface area contributed by atoms with Crippen LogP contribution >= 0.6 is 0 Å². The minimum atomic E-state index is -0.889. The Bertz CT molecular complexity index is 1460.